The Labute approximate surface area is 224 Å². The molecule has 0 aromatic heterocycles. The van der Waals surface area contributed by atoms with Gasteiger partial charge in [0, 0.05) is 24.7 Å². The Morgan fingerprint density at radius 1 is 0.842 bits per heavy atom. The lowest BCUT2D eigenvalue weighted by Gasteiger charge is -2.51. The Bertz CT molecular complexity index is 863. The second-order valence-corrected chi connectivity index (χ2v) is 12.7. The van der Waals surface area contributed by atoms with Crippen molar-refractivity contribution in [2.75, 3.05) is 13.2 Å². The van der Waals surface area contributed by atoms with Gasteiger partial charge in [0.2, 0.25) is 0 Å². The number of fused-ring (bicyclic) bond motifs is 4. The minimum atomic E-state index is -0.944. The Kier molecular flexibility index (Phi) is 7.57. The number of aliphatic carboxylic acids is 1. The summed E-state index contributed by atoms with van der Waals surface area (Å²) in [5, 5.41) is 20.7. The molecule has 0 saturated carbocycles. The van der Waals surface area contributed by atoms with Gasteiger partial charge in [0.15, 0.2) is 12.1 Å². The van der Waals surface area contributed by atoms with Gasteiger partial charge in [-0.05, 0) is 31.1 Å². The highest BCUT2D eigenvalue weighted by Crippen LogP contribution is 2.50. The van der Waals surface area contributed by atoms with Gasteiger partial charge in [0.25, 0.3) is 0 Å². The quantitative estimate of drug-likeness (QED) is 0.540. The molecule has 6 aliphatic rings. The molecule has 0 aliphatic carbocycles. The highest BCUT2D eigenvalue weighted by Gasteiger charge is 2.60. The van der Waals surface area contributed by atoms with Crippen LogP contribution in [0.25, 0.3) is 0 Å². The molecule has 216 valence electrons. The van der Waals surface area contributed by atoms with Crippen LogP contribution >= 0.6 is 0 Å². The first-order valence-electron chi connectivity index (χ1n) is 14.6. The van der Waals surface area contributed by atoms with Crippen LogP contribution in [-0.2, 0) is 38.0 Å². The number of carboxylic acid groups (broad SMARTS) is 1. The lowest BCUT2D eigenvalue weighted by molar-refractivity contribution is -0.339. The smallest absolute Gasteiger partial charge is 0.308 e. The lowest BCUT2D eigenvalue weighted by Crippen LogP contribution is -2.60. The Morgan fingerprint density at radius 3 is 2.26 bits per heavy atom. The van der Waals surface area contributed by atoms with Crippen LogP contribution in [0.2, 0.25) is 0 Å². The molecule has 0 aromatic carbocycles. The number of carboxylic acids is 1. The fraction of sp³-hybridized carbons (Fsp3) is 0.964. The topological polar surface area (TPSA) is 122 Å². The standard InChI is InChI=1S/C28H44O10/c1-13-8-17-19(34-21-12-32-23(11-22(29)30)35-18(21)9-13)10-20-25(36-17)15(3)24(31)27-26(37-20)14(2)16(4)28(38-27)6-5-7-33-28/h13-21,23-27,31H,5-12H2,1-4H3,(H,29,30)/t13-,14+,15+,16+,17+,18-,19-,20+,21+,23+,24+,25-,26-,27+,28?/m1/s1. The molecule has 38 heavy (non-hydrogen) atoms. The molecule has 1 unspecified atom stereocenters. The van der Waals surface area contributed by atoms with E-state index in [9.17, 15) is 9.90 Å². The molecule has 0 radical (unpaired) electrons. The molecule has 10 nitrogen and oxygen atoms in total. The first-order chi connectivity index (χ1) is 18.1. The molecule has 10 heteroatoms. The third kappa shape index (κ3) is 4.83. The van der Waals surface area contributed by atoms with Gasteiger partial charge in [-0.3, -0.25) is 4.79 Å². The first kappa shape index (κ1) is 27.3. The van der Waals surface area contributed by atoms with Crippen molar-refractivity contribution in [2.45, 2.75) is 133 Å². The zero-order valence-corrected chi connectivity index (χ0v) is 22.9. The third-order valence-electron chi connectivity index (χ3n) is 10.1. The largest absolute Gasteiger partial charge is 0.481 e. The fourth-order valence-corrected chi connectivity index (χ4v) is 7.80. The molecule has 1 spiro atoms. The van der Waals surface area contributed by atoms with Gasteiger partial charge < -0.3 is 43.4 Å². The normalized spacial score (nSPS) is 55.0. The van der Waals surface area contributed by atoms with E-state index in [2.05, 4.69) is 20.8 Å². The molecule has 2 N–H and O–H groups in total. The van der Waals surface area contributed by atoms with Gasteiger partial charge >= 0.3 is 5.97 Å². The number of rotatable bonds is 2. The average molecular weight is 541 g/mol. The van der Waals surface area contributed by atoms with Crippen molar-refractivity contribution in [2.24, 2.45) is 23.7 Å². The van der Waals surface area contributed by atoms with Crippen LogP contribution in [0.4, 0.5) is 0 Å². The number of hydrogen-bond donors (Lipinski definition) is 2. The van der Waals surface area contributed by atoms with Crippen LogP contribution in [-0.4, -0.2) is 96.4 Å². The Hall–Kier alpha value is -0.850. The molecule has 0 aromatic rings. The zero-order chi connectivity index (χ0) is 26.8. The summed E-state index contributed by atoms with van der Waals surface area (Å²) in [6.07, 6.45) is 0.177. The predicted molar refractivity (Wildman–Crippen MR) is 132 cm³/mol. The van der Waals surface area contributed by atoms with Crippen LogP contribution in [0.3, 0.4) is 0 Å². The summed E-state index contributed by atoms with van der Waals surface area (Å²) in [4.78, 5) is 11.2. The molecule has 6 saturated heterocycles. The second kappa shape index (κ2) is 10.5. The molecular formula is C28H44O10. The summed E-state index contributed by atoms with van der Waals surface area (Å²) in [7, 11) is 0. The van der Waals surface area contributed by atoms with E-state index in [0.29, 0.717) is 13.0 Å². The summed E-state index contributed by atoms with van der Waals surface area (Å²) in [5.41, 5.74) is 0. The second-order valence-electron chi connectivity index (χ2n) is 12.7. The number of ether oxygens (including phenoxy) is 7. The summed E-state index contributed by atoms with van der Waals surface area (Å²) in [6, 6.07) is 0. The molecule has 6 fully saturated rings. The SMILES string of the molecule is C[C@@H]1C[C@@H]2O[C@@H]3[C@@H](C)[C@H](O)[C@@H]4OC5(CCCO5)[C@@H](C)[C@H](C)[C@H]4O[C@H]3C[C@H]2O[C@H]2CO[C@H](CC(=O)O)O[C@@H]2C1. The number of aliphatic hydroxyl groups excluding tert-OH is 1. The van der Waals surface area contributed by atoms with Crippen molar-refractivity contribution in [1.29, 1.82) is 0 Å². The van der Waals surface area contributed by atoms with E-state index >= 15 is 0 Å². The molecule has 15 atom stereocenters. The van der Waals surface area contributed by atoms with E-state index in [4.69, 9.17) is 38.3 Å². The van der Waals surface area contributed by atoms with Crippen LogP contribution in [0, 0.1) is 23.7 Å². The first-order valence-corrected chi connectivity index (χ1v) is 14.6. The Balaban J connectivity index is 1.21. The predicted octanol–water partition coefficient (Wildman–Crippen LogP) is 2.49. The molecule has 6 rings (SSSR count). The van der Waals surface area contributed by atoms with Gasteiger partial charge in [0.05, 0.1) is 62.4 Å². The van der Waals surface area contributed by atoms with E-state index in [1.54, 1.807) is 0 Å². The molecule has 6 heterocycles. The van der Waals surface area contributed by atoms with E-state index in [-0.39, 0.29) is 79.4 Å². The van der Waals surface area contributed by atoms with Crippen molar-refractivity contribution in [3.8, 4) is 0 Å². The van der Waals surface area contributed by atoms with Gasteiger partial charge in [-0.2, -0.15) is 0 Å². The number of hydrogen-bond acceptors (Lipinski definition) is 9. The Morgan fingerprint density at radius 2 is 1.55 bits per heavy atom. The van der Waals surface area contributed by atoms with E-state index in [1.807, 2.05) is 6.92 Å². The molecule has 6 aliphatic heterocycles. The number of aliphatic hydroxyl groups is 1. The monoisotopic (exact) mass is 540 g/mol. The maximum Gasteiger partial charge on any atom is 0.308 e. The highest BCUT2D eigenvalue weighted by molar-refractivity contribution is 5.67. The van der Waals surface area contributed by atoms with Crippen molar-refractivity contribution < 1.29 is 48.2 Å². The maximum absolute atomic E-state index is 11.6. The minimum Gasteiger partial charge on any atom is -0.481 e. The fourth-order valence-electron chi connectivity index (χ4n) is 7.80. The van der Waals surface area contributed by atoms with E-state index in [0.717, 1.165) is 25.7 Å². The van der Waals surface area contributed by atoms with Crippen LogP contribution in [0.15, 0.2) is 0 Å². The van der Waals surface area contributed by atoms with Crippen LogP contribution in [0.5, 0.6) is 0 Å². The van der Waals surface area contributed by atoms with Crippen LogP contribution in [0.1, 0.15) is 66.2 Å². The van der Waals surface area contributed by atoms with E-state index in [1.165, 1.54) is 0 Å². The summed E-state index contributed by atoms with van der Waals surface area (Å²) >= 11 is 0. The van der Waals surface area contributed by atoms with Gasteiger partial charge in [-0.15, -0.1) is 0 Å². The van der Waals surface area contributed by atoms with E-state index < -0.39 is 30.3 Å². The summed E-state index contributed by atoms with van der Waals surface area (Å²) in [5.74, 6) is -1.21. The minimum absolute atomic E-state index is 0.135. The van der Waals surface area contributed by atoms with Crippen molar-refractivity contribution in [1.82, 2.24) is 0 Å². The number of carbonyl (C=O) groups is 1. The average Bonchev–Trinajstić information content (AvgIpc) is 3.31. The summed E-state index contributed by atoms with van der Waals surface area (Å²) < 4.78 is 44.7. The van der Waals surface area contributed by atoms with Crippen molar-refractivity contribution in [3.05, 3.63) is 0 Å². The summed E-state index contributed by atoms with van der Waals surface area (Å²) in [6.45, 7) is 9.53. The third-order valence-corrected chi connectivity index (χ3v) is 10.1. The maximum atomic E-state index is 11.6. The molecule has 0 bridgehead atoms. The van der Waals surface area contributed by atoms with Crippen molar-refractivity contribution in [3.63, 3.8) is 0 Å². The lowest BCUT2D eigenvalue weighted by atomic mass is 9.76. The molecular weight excluding hydrogens is 496 g/mol. The van der Waals surface area contributed by atoms with Gasteiger partial charge in [0.1, 0.15) is 12.2 Å². The van der Waals surface area contributed by atoms with Crippen LogP contribution < -0.4 is 0 Å². The highest BCUT2D eigenvalue weighted by atomic mass is 16.7. The van der Waals surface area contributed by atoms with Gasteiger partial charge in [-0.1, -0.05) is 27.7 Å². The zero-order valence-electron chi connectivity index (χ0n) is 22.9. The van der Waals surface area contributed by atoms with Crippen molar-refractivity contribution >= 4 is 5.97 Å². The van der Waals surface area contributed by atoms with Gasteiger partial charge in [-0.25, -0.2) is 0 Å². The molecule has 0 amide bonds.